The first-order valence-corrected chi connectivity index (χ1v) is 23.1. The van der Waals surface area contributed by atoms with Crippen molar-refractivity contribution in [3.8, 4) is 0 Å². The van der Waals surface area contributed by atoms with Crippen molar-refractivity contribution in [2.24, 2.45) is 0 Å². The monoisotopic (exact) mass is 760 g/mol. The smallest absolute Gasteiger partial charge is 0.462 e. The average Bonchev–Trinajstić information content (AvgIpc) is 3.12. The lowest BCUT2D eigenvalue weighted by molar-refractivity contribution is -0.161. The van der Waals surface area contributed by atoms with Gasteiger partial charge in [0, 0.05) is 19.4 Å². The van der Waals surface area contributed by atoms with Crippen LogP contribution in [0.25, 0.3) is 0 Å². The van der Waals surface area contributed by atoms with Crippen LogP contribution in [-0.4, -0.2) is 56.3 Å². The molecule has 0 spiro atoms. The van der Waals surface area contributed by atoms with Gasteiger partial charge in [0.1, 0.15) is 6.61 Å². The van der Waals surface area contributed by atoms with E-state index in [-0.39, 0.29) is 25.6 Å². The van der Waals surface area contributed by atoms with Crippen molar-refractivity contribution in [2.75, 3.05) is 33.4 Å². The van der Waals surface area contributed by atoms with Gasteiger partial charge in [-0.2, -0.15) is 0 Å². The molecular formula is C42H82NO8P. The van der Waals surface area contributed by atoms with Crippen LogP contribution in [0, 0.1) is 0 Å². The van der Waals surface area contributed by atoms with Crippen LogP contribution in [0.3, 0.4) is 0 Å². The number of hydrogen-bond donors (Lipinski definition) is 2. The Morgan fingerprint density at radius 3 is 1.42 bits per heavy atom. The van der Waals surface area contributed by atoms with Gasteiger partial charge < -0.3 is 19.7 Å². The Labute approximate surface area is 320 Å². The van der Waals surface area contributed by atoms with Crippen LogP contribution in [0.1, 0.15) is 206 Å². The topological polar surface area (TPSA) is 120 Å². The molecule has 0 aromatic rings. The summed E-state index contributed by atoms with van der Waals surface area (Å²) in [4.78, 5) is 35.0. The van der Waals surface area contributed by atoms with Gasteiger partial charge in [-0.25, -0.2) is 4.57 Å². The summed E-state index contributed by atoms with van der Waals surface area (Å²) in [5, 5.41) is 2.82. The molecule has 2 unspecified atom stereocenters. The van der Waals surface area contributed by atoms with Gasteiger partial charge in [0.15, 0.2) is 6.10 Å². The summed E-state index contributed by atoms with van der Waals surface area (Å²) in [6.45, 7) is 4.23. The van der Waals surface area contributed by atoms with Crippen molar-refractivity contribution < 1.29 is 37.6 Å². The van der Waals surface area contributed by atoms with Gasteiger partial charge in [0.05, 0.1) is 13.2 Å². The summed E-state index contributed by atoms with van der Waals surface area (Å²) >= 11 is 0. The Hall–Kier alpha value is -1.25. The Balaban J connectivity index is 4.21. The maximum Gasteiger partial charge on any atom is 0.472 e. The highest BCUT2D eigenvalue weighted by molar-refractivity contribution is 7.47. The lowest BCUT2D eigenvalue weighted by Gasteiger charge is -2.20. The lowest BCUT2D eigenvalue weighted by atomic mass is 10.0. The summed E-state index contributed by atoms with van der Waals surface area (Å²) in [5.74, 6) is -0.806. The van der Waals surface area contributed by atoms with Crippen molar-refractivity contribution in [3.63, 3.8) is 0 Å². The second-order valence-electron chi connectivity index (χ2n) is 14.5. The second kappa shape index (κ2) is 39.4. The maximum atomic E-state index is 12.6. The molecule has 0 amide bonds. The predicted octanol–water partition coefficient (Wildman–Crippen LogP) is 12.1. The molecule has 0 bridgehead atoms. The van der Waals surface area contributed by atoms with Crippen molar-refractivity contribution in [3.05, 3.63) is 12.2 Å². The minimum Gasteiger partial charge on any atom is -0.462 e. The molecule has 0 aliphatic carbocycles. The molecule has 9 nitrogen and oxygen atoms in total. The van der Waals surface area contributed by atoms with Crippen LogP contribution in [-0.2, 0) is 32.7 Å². The highest BCUT2D eigenvalue weighted by atomic mass is 31.2. The first-order chi connectivity index (χ1) is 25.3. The number of phosphoric ester groups is 1. The van der Waals surface area contributed by atoms with E-state index in [2.05, 4.69) is 31.3 Å². The van der Waals surface area contributed by atoms with E-state index in [0.29, 0.717) is 19.4 Å². The molecule has 0 heterocycles. The van der Waals surface area contributed by atoms with Crippen LogP contribution in [0.15, 0.2) is 12.2 Å². The zero-order valence-corrected chi connectivity index (χ0v) is 34.9. The molecule has 0 saturated heterocycles. The number of unbranched alkanes of at least 4 members (excludes halogenated alkanes) is 25. The van der Waals surface area contributed by atoms with E-state index in [9.17, 15) is 19.0 Å². The van der Waals surface area contributed by atoms with Gasteiger partial charge in [-0.05, 0) is 45.6 Å². The number of allylic oxidation sites excluding steroid dienone is 2. The molecule has 0 aliphatic heterocycles. The third kappa shape index (κ3) is 38.5. The minimum absolute atomic E-state index is 0.0154. The summed E-state index contributed by atoms with van der Waals surface area (Å²) < 4.78 is 33.2. The number of hydrogen-bond acceptors (Lipinski definition) is 8. The number of rotatable bonds is 41. The Kier molecular flexibility index (Phi) is 38.5. The van der Waals surface area contributed by atoms with Crippen LogP contribution in [0.4, 0.5) is 0 Å². The van der Waals surface area contributed by atoms with Crippen molar-refractivity contribution in [2.45, 2.75) is 213 Å². The molecule has 308 valence electrons. The van der Waals surface area contributed by atoms with Gasteiger partial charge in [-0.1, -0.05) is 167 Å². The van der Waals surface area contributed by atoms with Gasteiger partial charge in [-0.15, -0.1) is 0 Å². The molecule has 0 radical (unpaired) electrons. The molecule has 0 aromatic carbocycles. The molecule has 2 atom stereocenters. The van der Waals surface area contributed by atoms with Crippen molar-refractivity contribution in [1.82, 2.24) is 5.32 Å². The summed E-state index contributed by atoms with van der Waals surface area (Å²) in [6.07, 6.45) is 38.2. The van der Waals surface area contributed by atoms with Crippen LogP contribution in [0.5, 0.6) is 0 Å². The highest BCUT2D eigenvalue weighted by Gasteiger charge is 2.26. The third-order valence-electron chi connectivity index (χ3n) is 9.39. The van der Waals surface area contributed by atoms with Crippen molar-refractivity contribution in [1.29, 1.82) is 0 Å². The van der Waals surface area contributed by atoms with Crippen LogP contribution < -0.4 is 5.32 Å². The normalized spacial score (nSPS) is 13.4. The molecule has 0 rings (SSSR count). The second-order valence-corrected chi connectivity index (χ2v) is 16.0. The first-order valence-electron chi connectivity index (χ1n) is 21.6. The lowest BCUT2D eigenvalue weighted by Crippen LogP contribution is -2.29. The van der Waals surface area contributed by atoms with E-state index in [1.54, 1.807) is 7.05 Å². The largest absolute Gasteiger partial charge is 0.472 e. The molecule has 0 fully saturated rings. The summed E-state index contributed by atoms with van der Waals surface area (Å²) in [5.41, 5.74) is 0. The van der Waals surface area contributed by atoms with Gasteiger partial charge in [0.2, 0.25) is 0 Å². The third-order valence-corrected chi connectivity index (χ3v) is 10.4. The molecule has 10 heteroatoms. The van der Waals surface area contributed by atoms with E-state index in [1.807, 2.05) is 0 Å². The van der Waals surface area contributed by atoms with Crippen LogP contribution in [0.2, 0.25) is 0 Å². The number of likely N-dealkylation sites (N-methyl/N-ethyl adjacent to an activating group) is 1. The summed E-state index contributed by atoms with van der Waals surface area (Å²) in [7, 11) is -2.64. The Bertz CT molecular complexity index is 871. The van der Waals surface area contributed by atoms with E-state index in [0.717, 1.165) is 51.4 Å². The van der Waals surface area contributed by atoms with Gasteiger partial charge >= 0.3 is 19.8 Å². The number of nitrogens with one attached hydrogen (secondary N) is 1. The first kappa shape index (κ1) is 50.8. The SMILES string of the molecule is CCCCCCCC/C=C\CCCCCCCC(=O)OC(COC(=O)CCCCCCCCCCCCCCCCC)COP(=O)(O)OCCNC. The minimum atomic E-state index is -4.34. The fourth-order valence-corrected chi connectivity index (χ4v) is 6.83. The fourth-order valence-electron chi connectivity index (χ4n) is 6.08. The standard InChI is InChI=1S/C42H82NO8P/c1-4-6-8-10-12-14-16-18-20-22-24-26-28-30-32-34-41(44)48-38-40(39-50-52(46,47)49-37-36-43-3)51-42(45)35-33-31-29-27-25-23-21-19-17-15-13-11-9-7-5-2/h19,21,40,43H,4-18,20,22-39H2,1-3H3,(H,46,47)/b21-19-. The Morgan fingerprint density at radius 1 is 0.577 bits per heavy atom. The zero-order chi connectivity index (χ0) is 38.2. The molecular weight excluding hydrogens is 677 g/mol. The highest BCUT2D eigenvalue weighted by Crippen LogP contribution is 2.43. The van der Waals surface area contributed by atoms with Crippen LogP contribution >= 0.6 is 7.82 Å². The molecule has 2 N–H and O–H groups in total. The van der Waals surface area contributed by atoms with E-state index in [4.69, 9.17) is 18.5 Å². The molecule has 0 aromatic heterocycles. The number of ether oxygens (including phenoxy) is 2. The number of carbonyl (C=O) groups is 2. The van der Waals surface area contributed by atoms with Gasteiger partial charge in [-0.3, -0.25) is 18.6 Å². The fraction of sp³-hybridized carbons (Fsp3) is 0.905. The molecule has 52 heavy (non-hydrogen) atoms. The number of phosphoric acid groups is 1. The van der Waals surface area contributed by atoms with E-state index in [1.165, 1.54) is 122 Å². The predicted molar refractivity (Wildman–Crippen MR) is 215 cm³/mol. The van der Waals surface area contributed by atoms with E-state index < -0.39 is 26.5 Å². The van der Waals surface area contributed by atoms with Gasteiger partial charge in [0.25, 0.3) is 0 Å². The van der Waals surface area contributed by atoms with Crippen molar-refractivity contribution >= 4 is 19.8 Å². The zero-order valence-electron chi connectivity index (χ0n) is 34.0. The summed E-state index contributed by atoms with van der Waals surface area (Å²) in [6, 6.07) is 0. The average molecular weight is 760 g/mol. The quantitative estimate of drug-likeness (QED) is 0.0271. The maximum absolute atomic E-state index is 12.6. The molecule has 0 saturated carbocycles. The molecule has 0 aliphatic rings. The number of esters is 2. The Morgan fingerprint density at radius 2 is 0.981 bits per heavy atom. The van der Waals surface area contributed by atoms with E-state index >= 15 is 0 Å². The number of carbonyl (C=O) groups excluding carboxylic acids is 2.